The Bertz CT molecular complexity index is 780. The summed E-state index contributed by atoms with van der Waals surface area (Å²) in [5.41, 5.74) is 1.30. The third-order valence-electron chi connectivity index (χ3n) is 7.20. The second-order valence-corrected chi connectivity index (χ2v) is 9.90. The molecule has 3 amide bonds. The number of nitrogens with one attached hydrogen (secondary N) is 1. The number of carbonyl (C=O) groups excluding carboxylic acids is 2. The second kappa shape index (κ2) is 9.15. The standard InChI is InChI=1S/C24H37N5O2/c1-18(2)17-28-14-15-29(21-9-8-19(3)25-16-21)22(30)24(28)10-12-27(13-11-24)23(31)26-20-6-4-5-7-20/h8-9,16,18,20H,4-7,10-15,17H2,1-3H3,(H,26,31). The Morgan fingerprint density at radius 1 is 1.16 bits per heavy atom. The molecule has 0 unspecified atom stereocenters. The molecule has 4 rings (SSSR count). The van der Waals surface area contributed by atoms with E-state index in [9.17, 15) is 9.59 Å². The van der Waals surface area contributed by atoms with E-state index in [1.807, 2.05) is 35.1 Å². The van der Waals surface area contributed by atoms with Crippen molar-refractivity contribution in [1.82, 2.24) is 20.1 Å². The molecule has 7 nitrogen and oxygen atoms in total. The van der Waals surface area contributed by atoms with Crippen LogP contribution in [0.25, 0.3) is 0 Å². The predicted octanol–water partition coefficient (Wildman–Crippen LogP) is 3.18. The highest BCUT2D eigenvalue weighted by Crippen LogP contribution is 2.36. The van der Waals surface area contributed by atoms with E-state index in [1.54, 1.807) is 0 Å². The lowest BCUT2D eigenvalue weighted by atomic mass is 9.81. The molecule has 3 heterocycles. The molecule has 2 saturated heterocycles. The lowest BCUT2D eigenvalue weighted by Gasteiger charge is -2.53. The molecule has 31 heavy (non-hydrogen) atoms. The van der Waals surface area contributed by atoms with E-state index >= 15 is 0 Å². The van der Waals surface area contributed by atoms with Crippen LogP contribution in [0.1, 0.15) is 58.1 Å². The quantitative estimate of drug-likeness (QED) is 0.801. The SMILES string of the molecule is Cc1ccc(N2CCN(CC(C)C)C3(CCN(C(=O)NC4CCCC4)CC3)C2=O)cn1. The van der Waals surface area contributed by atoms with Crippen molar-refractivity contribution in [2.45, 2.75) is 70.9 Å². The first-order valence-corrected chi connectivity index (χ1v) is 11.9. The number of carbonyl (C=O) groups is 2. The summed E-state index contributed by atoms with van der Waals surface area (Å²) in [4.78, 5) is 37.3. The fraction of sp³-hybridized carbons (Fsp3) is 0.708. The number of anilines is 1. The zero-order chi connectivity index (χ0) is 22.0. The number of hydrogen-bond donors (Lipinski definition) is 1. The summed E-state index contributed by atoms with van der Waals surface area (Å²) in [5.74, 6) is 0.655. The smallest absolute Gasteiger partial charge is 0.317 e. The number of amides is 3. The van der Waals surface area contributed by atoms with Crippen LogP contribution in [0.5, 0.6) is 0 Å². The van der Waals surface area contributed by atoms with Crippen LogP contribution < -0.4 is 10.2 Å². The van der Waals surface area contributed by atoms with E-state index in [1.165, 1.54) is 12.8 Å². The van der Waals surface area contributed by atoms with E-state index in [0.717, 1.165) is 37.3 Å². The first-order valence-electron chi connectivity index (χ1n) is 11.9. The third kappa shape index (κ3) is 4.56. The predicted molar refractivity (Wildman–Crippen MR) is 122 cm³/mol. The van der Waals surface area contributed by atoms with Crippen molar-refractivity contribution in [1.29, 1.82) is 0 Å². The van der Waals surface area contributed by atoms with Crippen LogP contribution in [0.2, 0.25) is 0 Å². The van der Waals surface area contributed by atoms with Crippen molar-refractivity contribution in [3.8, 4) is 0 Å². The number of hydrogen-bond acceptors (Lipinski definition) is 4. The van der Waals surface area contributed by atoms with Gasteiger partial charge in [0.2, 0.25) is 5.91 Å². The van der Waals surface area contributed by atoms with E-state index in [-0.39, 0.29) is 11.9 Å². The van der Waals surface area contributed by atoms with Crippen LogP contribution in [0.4, 0.5) is 10.5 Å². The molecule has 1 aromatic rings. The topological polar surface area (TPSA) is 68.8 Å². The van der Waals surface area contributed by atoms with Crippen molar-refractivity contribution in [2.24, 2.45) is 5.92 Å². The zero-order valence-electron chi connectivity index (χ0n) is 19.3. The van der Waals surface area contributed by atoms with Gasteiger partial charge in [-0.3, -0.25) is 14.7 Å². The molecule has 1 aromatic heterocycles. The number of piperazine rings is 1. The maximum atomic E-state index is 13.9. The summed E-state index contributed by atoms with van der Waals surface area (Å²) in [6, 6.07) is 4.32. The minimum Gasteiger partial charge on any atom is -0.335 e. The van der Waals surface area contributed by atoms with Gasteiger partial charge in [-0.1, -0.05) is 26.7 Å². The molecule has 1 aliphatic carbocycles. The van der Waals surface area contributed by atoms with Gasteiger partial charge < -0.3 is 15.1 Å². The van der Waals surface area contributed by atoms with Gasteiger partial charge in [0, 0.05) is 44.5 Å². The Morgan fingerprint density at radius 2 is 1.87 bits per heavy atom. The largest absolute Gasteiger partial charge is 0.335 e. The van der Waals surface area contributed by atoms with Crippen LogP contribution in [0.15, 0.2) is 18.3 Å². The van der Waals surface area contributed by atoms with Crippen LogP contribution in [0.3, 0.4) is 0 Å². The van der Waals surface area contributed by atoms with Gasteiger partial charge in [0.25, 0.3) is 0 Å². The number of rotatable bonds is 4. The fourth-order valence-electron chi connectivity index (χ4n) is 5.44. The number of nitrogens with zero attached hydrogens (tertiary/aromatic N) is 4. The van der Waals surface area contributed by atoms with E-state index in [2.05, 4.69) is 29.0 Å². The molecule has 7 heteroatoms. The average Bonchev–Trinajstić information content (AvgIpc) is 3.26. The van der Waals surface area contributed by atoms with E-state index in [0.29, 0.717) is 44.4 Å². The average molecular weight is 428 g/mol. The van der Waals surface area contributed by atoms with Crippen LogP contribution in [-0.4, -0.2) is 71.0 Å². The van der Waals surface area contributed by atoms with Gasteiger partial charge in [0.1, 0.15) is 5.54 Å². The molecule has 0 aromatic carbocycles. The van der Waals surface area contributed by atoms with Gasteiger partial charge in [-0.05, 0) is 50.7 Å². The molecule has 2 aliphatic heterocycles. The lowest BCUT2D eigenvalue weighted by Crippen LogP contribution is -2.70. The van der Waals surface area contributed by atoms with Crippen molar-refractivity contribution in [3.63, 3.8) is 0 Å². The Labute approximate surface area is 186 Å². The Morgan fingerprint density at radius 3 is 2.48 bits per heavy atom. The Balaban J connectivity index is 1.49. The summed E-state index contributed by atoms with van der Waals surface area (Å²) >= 11 is 0. The number of likely N-dealkylation sites (tertiary alicyclic amines) is 1. The van der Waals surface area contributed by atoms with E-state index in [4.69, 9.17) is 0 Å². The molecular formula is C24H37N5O2. The highest BCUT2D eigenvalue weighted by Gasteiger charge is 2.51. The minimum absolute atomic E-state index is 0.0417. The summed E-state index contributed by atoms with van der Waals surface area (Å²) in [5, 5.41) is 3.20. The van der Waals surface area contributed by atoms with Crippen LogP contribution in [-0.2, 0) is 4.79 Å². The fourth-order valence-corrected chi connectivity index (χ4v) is 5.44. The van der Waals surface area contributed by atoms with Crippen molar-refractivity contribution in [3.05, 3.63) is 24.0 Å². The van der Waals surface area contributed by atoms with Gasteiger partial charge in [0.05, 0.1) is 11.9 Å². The zero-order valence-corrected chi connectivity index (χ0v) is 19.3. The summed E-state index contributed by atoms with van der Waals surface area (Å²) < 4.78 is 0. The number of urea groups is 1. The van der Waals surface area contributed by atoms with Gasteiger partial charge >= 0.3 is 6.03 Å². The summed E-state index contributed by atoms with van der Waals surface area (Å²) in [6.07, 6.45) is 7.77. The third-order valence-corrected chi connectivity index (χ3v) is 7.20. The minimum atomic E-state index is -0.530. The van der Waals surface area contributed by atoms with Crippen LogP contribution in [0, 0.1) is 12.8 Å². The molecule has 1 saturated carbocycles. The first-order chi connectivity index (χ1) is 14.9. The first kappa shape index (κ1) is 22.1. The highest BCUT2D eigenvalue weighted by molar-refractivity contribution is 6.01. The molecule has 170 valence electrons. The molecule has 0 radical (unpaired) electrons. The Hall–Kier alpha value is -2.15. The van der Waals surface area contributed by atoms with Crippen molar-refractivity contribution < 1.29 is 9.59 Å². The normalized spacial score (nSPS) is 22.5. The molecule has 0 atom stereocenters. The number of aryl methyl sites for hydroxylation is 1. The lowest BCUT2D eigenvalue weighted by molar-refractivity contribution is -0.138. The molecule has 1 N–H and O–H groups in total. The number of piperidine rings is 1. The maximum Gasteiger partial charge on any atom is 0.317 e. The van der Waals surface area contributed by atoms with Crippen molar-refractivity contribution >= 4 is 17.6 Å². The maximum absolute atomic E-state index is 13.9. The van der Waals surface area contributed by atoms with Gasteiger partial charge in [-0.15, -0.1) is 0 Å². The second-order valence-electron chi connectivity index (χ2n) is 9.90. The van der Waals surface area contributed by atoms with Gasteiger partial charge in [-0.2, -0.15) is 0 Å². The van der Waals surface area contributed by atoms with E-state index < -0.39 is 5.54 Å². The molecule has 1 spiro atoms. The monoisotopic (exact) mass is 427 g/mol. The molecular weight excluding hydrogens is 390 g/mol. The summed E-state index contributed by atoms with van der Waals surface area (Å²) in [6.45, 7) is 10.1. The van der Waals surface area contributed by atoms with Crippen LogP contribution >= 0.6 is 0 Å². The van der Waals surface area contributed by atoms with Gasteiger partial charge in [0.15, 0.2) is 0 Å². The number of pyridine rings is 1. The Kier molecular flexibility index (Phi) is 6.51. The summed E-state index contributed by atoms with van der Waals surface area (Å²) in [7, 11) is 0. The molecule has 3 fully saturated rings. The highest BCUT2D eigenvalue weighted by atomic mass is 16.2. The van der Waals surface area contributed by atoms with Crippen molar-refractivity contribution in [2.75, 3.05) is 37.6 Å². The molecule has 0 bridgehead atoms. The molecule has 3 aliphatic rings. The van der Waals surface area contributed by atoms with Gasteiger partial charge in [-0.25, -0.2) is 4.79 Å². The number of aromatic nitrogens is 1.